The van der Waals surface area contributed by atoms with Crippen LogP contribution in [-0.4, -0.2) is 52.6 Å². The summed E-state index contributed by atoms with van der Waals surface area (Å²) in [4.78, 5) is 16.1. The lowest BCUT2D eigenvalue weighted by Gasteiger charge is -2.31. The van der Waals surface area contributed by atoms with E-state index in [1.807, 2.05) is 30.3 Å². The van der Waals surface area contributed by atoms with Crippen LogP contribution in [0.1, 0.15) is 23.3 Å². The zero-order valence-corrected chi connectivity index (χ0v) is 16.0. The van der Waals surface area contributed by atoms with Crippen molar-refractivity contribution in [1.82, 2.24) is 19.9 Å². The minimum Gasteiger partial charge on any atom is -0.337 e. The van der Waals surface area contributed by atoms with Crippen molar-refractivity contribution in [2.45, 2.75) is 23.0 Å². The molecule has 0 saturated carbocycles. The monoisotopic (exact) mass is 396 g/mol. The van der Waals surface area contributed by atoms with E-state index < -0.39 is 15.1 Å². The first-order valence-corrected chi connectivity index (χ1v) is 10.7. The number of aromatic nitrogens is 3. The summed E-state index contributed by atoms with van der Waals surface area (Å²) in [7, 11) is -3.38. The number of benzene rings is 2. The zero-order chi connectivity index (χ0) is 19.6. The molecule has 1 aliphatic rings. The van der Waals surface area contributed by atoms with E-state index in [1.165, 1.54) is 11.0 Å². The number of likely N-dealkylation sites (tertiary alicyclic amines) is 1. The minimum absolute atomic E-state index is 0.224. The SMILES string of the molecule is O=C(c1cnn(-c2ccccc2)n1)N1CCC(S(=O)(=O)c2ccccc2)CC1. The molecule has 1 fully saturated rings. The molecule has 0 aliphatic carbocycles. The molecular formula is C20H20N4O3S. The molecule has 2 aromatic carbocycles. The van der Waals surface area contributed by atoms with Crippen molar-refractivity contribution in [1.29, 1.82) is 0 Å². The lowest BCUT2D eigenvalue weighted by molar-refractivity contribution is 0.0719. The van der Waals surface area contributed by atoms with E-state index in [-0.39, 0.29) is 11.6 Å². The number of rotatable bonds is 4. The van der Waals surface area contributed by atoms with Crippen molar-refractivity contribution < 1.29 is 13.2 Å². The Bertz CT molecular complexity index is 1060. The summed E-state index contributed by atoms with van der Waals surface area (Å²) in [5, 5.41) is 7.95. The lowest BCUT2D eigenvalue weighted by Crippen LogP contribution is -2.42. The van der Waals surface area contributed by atoms with E-state index in [1.54, 1.807) is 35.2 Å². The van der Waals surface area contributed by atoms with Crippen LogP contribution in [0.3, 0.4) is 0 Å². The second-order valence-corrected chi connectivity index (χ2v) is 8.93. The third kappa shape index (κ3) is 3.55. The van der Waals surface area contributed by atoms with Crippen LogP contribution < -0.4 is 0 Å². The molecule has 4 rings (SSSR count). The molecule has 8 heteroatoms. The van der Waals surface area contributed by atoms with E-state index in [9.17, 15) is 13.2 Å². The summed E-state index contributed by atoms with van der Waals surface area (Å²) in [5.41, 5.74) is 1.03. The number of amides is 1. The number of carbonyl (C=O) groups is 1. The maximum atomic E-state index is 12.8. The van der Waals surface area contributed by atoms with Gasteiger partial charge < -0.3 is 4.90 Å². The Hall–Kier alpha value is -3.00. The Balaban J connectivity index is 1.43. The van der Waals surface area contributed by atoms with Crippen molar-refractivity contribution in [2.75, 3.05) is 13.1 Å². The highest BCUT2D eigenvalue weighted by atomic mass is 32.2. The summed E-state index contributed by atoms with van der Waals surface area (Å²) >= 11 is 0. The fraction of sp³-hybridized carbons (Fsp3) is 0.250. The van der Waals surface area contributed by atoms with Gasteiger partial charge in [0.05, 0.1) is 22.0 Å². The van der Waals surface area contributed by atoms with Gasteiger partial charge in [-0.15, -0.1) is 5.10 Å². The van der Waals surface area contributed by atoms with Crippen molar-refractivity contribution in [3.05, 3.63) is 72.6 Å². The number of hydrogen-bond donors (Lipinski definition) is 0. The number of sulfone groups is 1. The number of hydrogen-bond acceptors (Lipinski definition) is 5. The first-order valence-electron chi connectivity index (χ1n) is 9.12. The second-order valence-electron chi connectivity index (χ2n) is 6.70. The first-order chi connectivity index (χ1) is 13.6. The molecule has 1 amide bonds. The second kappa shape index (κ2) is 7.55. The lowest BCUT2D eigenvalue weighted by atomic mass is 10.1. The van der Waals surface area contributed by atoms with Gasteiger partial charge >= 0.3 is 0 Å². The summed E-state index contributed by atoms with van der Waals surface area (Å²) in [6, 6.07) is 17.8. The number of nitrogens with zero attached hydrogens (tertiary/aromatic N) is 4. The summed E-state index contributed by atoms with van der Waals surface area (Å²) in [6.07, 6.45) is 2.27. The van der Waals surface area contributed by atoms with E-state index in [0.29, 0.717) is 30.8 Å². The van der Waals surface area contributed by atoms with Gasteiger partial charge in [0.15, 0.2) is 15.5 Å². The molecule has 2 heterocycles. The van der Waals surface area contributed by atoms with Crippen LogP contribution in [0.25, 0.3) is 5.69 Å². The highest BCUT2D eigenvalue weighted by molar-refractivity contribution is 7.92. The summed E-state index contributed by atoms with van der Waals surface area (Å²) in [6.45, 7) is 0.765. The average Bonchev–Trinajstić information content (AvgIpc) is 3.25. The van der Waals surface area contributed by atoms with Crippen LogP contribution in [0.2, 0.25) is 0 Å². The first kappa shape index (κ1) is 18.4. The molecule has 0 unspecified atom stereocenters. The molecule has 144 valence electrons. The van der Waals surface area contributed by atoms with Crippen molar-refractivity contribution in [3.8, 4) is 5.69 Å². The maximum Gasteiger partial charge on any atom is 0.276 e. The van der Waals surface area contributed by atoms with E-state index in [0.717, 1.165) is 5.69 Å². The molecule has 1 saturated heterocycles. The molecule has 0 atom stereocenters. The standard InChI is InChI=1S/C20H20N4O3S/c25-20(19-15-21-24(22-19)16-7-3-1-4-8-16)23-13-11-18(12-14-23)28(26,27)17-9-5-2-6-10-17/h1-10,15,18H,11-14H2. The molecule has 7 nitrogen and oxygen atoms in total. The number of para-hydroxylation sites is 1. The molecule has 0 spiro atoms. The minimum atomic E-state index is -3.38. The van der Waals surface area contributed by atoms with Gasteiger partial charge in [0.25, 0.3) is 5.91 Å². The Labute approximate surface area is 163 Å². The molecule has 0 N–H and O–H groups in total. The molecule has 28 heavy (non-hydrogen) atoms. The van der Waals surface area contributed by atoms with Gasteiger partial charge in [-0.05, 0) is 37.1 Å². The van der Waals surface area contributed by atoms with Crippen LogP contribution >= 0.6 is 0 Å². The van der Waals surface area contributed by atoms with Gasteiger partial charge in [-0.25, -0.2) is 8.42 Å². The van der Waals surface area contributed by atoms with Gasteiger partial charge in [-0.3, -0.25) is 4.79 Å². The maximum absolute atomic E-state index is 12.8. The largest absolute Gasteiger partial charge is 0.337 e. The van der Waals surface area contributed by atoms with Gasteiger partial charge in [0.1, 0.15) is 0 Å². The molecule has 0 bridgehead atoms. The highest BCUT2D eigenvalue weighted by Gasteiger charge is 2.33. The highest BCUT2D eigenvalue weighted by Crippen LogP contribution is 2.25. The molecule has 1 aromatic heterocycles. The van der Waals surface area contributed by atoms with Crippen LogP contribution in [0.15, 0.2) is 71.8 Å². The molecular weight excluding hydrogens is 376 g/mol. The third-order valence-corrected chi connectivity index (χ3v) is 7.22. The Morgan fingerprint density at radius 2 is 1.54 bits per heavy atom. The topological polar surface area (TPSA) is 85.2 Å². The van der Waals surface area contributed by atoms with Crippen molar-refractivity contribution >= 4 is 15.7 Å². The fourth-order valence-corrected chi connectivity index (χ4v) is 5.13. The summed E-state index contributed by atoms with van der Waals surface area (Å²) < 4.78 is 25.5. The molecule has 1 aliphatic heterocycles. The fourth-order valence-electron chi connectivity index (χ4n) is 3.38. The Morgan fingerprint density at radius 3 is 2.18 bits per heavy atom. The Kier molecular flexibility index (Phi) is 4.95. The normalized spacial score (nSPS) is 15.5. The van der Waals surface area contributed by atoms with Crippen LogP contribution in [0.5, 0.6) is 0 Å². The van der Waals surface area contributed by atoms with Crippen LogP contribution in [0, 0.1) is 0 Å². The molecule has 0 radical (unpaired) electrons. The quantitative estimate of drug-likeness (QED) is 0.676. The van der Waals surface area contributed by atoms with Gasteiger partial charge in [-0.2, -0.15) is 9.90 Å². The van der Waals surface area contributed by atoms with Crippen LogP contribution in [-0.2, 0) is 9.84 Å². The van der Waals surface area contributed by atoms with E-state index in [4.69, 9.17) is 0 Å². The van der Waals surface area contributed by atoms with Gasteiger partial charge in [0, 0.05) is 13.1 Å². The number of carbonyl (C=O) groups excluding carboxylic acids is 1. The van der Waals surface area contributed by atoms with E-state index >= 15 is 0 Å². The number of piperidine rings is 1. The Morgan fingerprint density at radius 1 is 0.929 bits per heavy atom. The molecule has 3 aromatic rings. The van der Waals surface area contributed by atoms with Gasteiger partial charge in [-0.1, -0.05) is 36.4 Å². The zero-order valence-electron chi connectivity index (χ0n) is 15.2. The predicted molar refractivity (Wildman–Crippen MR) is 104 cm³/mol. The smallest absolute Gasteiger partial charge is 0.276 e. The third-order valence-electron chi connectivity index (χ3n) is 4.94. The van der Waals surface area contributed by atoms with E-state index in [2.05, 4.69) is 10.2 Å². The van der Waals surface area contributed by atoms with Crippen LogP contribution in [0.4, 0.5) is 0 Å². The van der Waals surface area contributed by atoms with Crippen molar-refractivity contribution in [2.24, 2.45) is 0 Å². The van der Waals surface area contributed by atoms with Crippen molar-refractivity contribution in [3.63, 3.8) is 0 Å². The summed E-state index contributed by atoms with van der Waals surface area (Å²) in [5.74, 6) is -0.224. The van der Waals surface area contributed by atoms with Gasteiger partial charge in [0.2, 0.25) is 0 Å². The predicted octanol–water partition coefficient (Wildman–Crippen LogP) is 2.35. The average molecular weight is 396 g/mol.